The smallest absolute Gasteiger partial charge is 0.215 e. The van der Waals surface area contributed by atoms with Crippen LogP contribution in [-0.2, 0) is 0 Å². The second-order valence-corrected chi connectivity index (χ2v) is 2.78. The first-order valence-electron chi connectivity index (χ1n) is 3.63. The first-order chi connectivity index (χ1) is 6.29. The summed E-state index contributed by atoms with van der Waals surface area (Å²) in [4.78, 5) is 12.1. The minimum atomic E-state index is 0.327. The molecular weight excluding hydrogens is 190 g/mol. The molecule has 0 saturated heterocycles. The van der Waals surface area contributed by atoms with Crippen LogP contribution in [0.1, 0.15) is 0 Å². The van der Waals surface area contributed by atoms with Crippen molar-refractivity contribution in [1.82, 2.24) is 15.0 Å². The van der Waals surface area contributed by atoms with Crippen LogP contribution >= 0.6 is 11.6 Å². The lowest BCUT2D eigenvalue weighted by Gasteiger charge is -1.99. The van der Waals surface area contributed by atoms with Crippen molar-refractivity contribution >= 4 is 22.8 Å². The summed E-state index contributed by atoms with van der Waals surface area (Å²) in [7, 11) is 1.55. The van der Waals surface area contributed by atoms with Crippen molar-refractivity contribution in [2.75, 3.05) is 7.11 Å². The third-order valence-corrected chi connectivity index (χ3v) is 1.74. The molecule has 2 aromatic heterocycles. The molecule has 0 aromatic carbocycles. The van der Waals surface area contributed by atoms with E-state index in [0.717, 1.165) is 0 Å². The molecule has 0 atom stereocenters. The maximum Gasteiger partial charge on any atom is 0.215 e. The summed E-state index contributed by atoms with van der Waals surface area (Å²) in [6.07, 6.45) is 1.48. The van der Waals surface area contributed by atoms with Crippen molar-refractivity contribution in [3.8, 4) is 5.88 Å². The zero-order valence-electron chi connectivity index (χ0n) is 6.86. The predicted molar refractivity (Wildman–Crippen MR) is 48.9 cm³/mol. The van der Waals surface area contributed by atoms with Gasteiger partial charge in [0, 0.05) is 6.07 Å². The van der Waals surface area contributed by atoms with Crippen LogP contribution in [0.25, 0.3) is 11.2 Å². The van der Waals surface area contributed by atoms with E-state index in [0.29, 0.717) is 22.2 Å². The molecule has 2 rings (SSSR count). The lowest BCUT2D eigenvalue weighted by molar-refractivity contribution is 0.399. The van der Waals surface area contributed by atoms with E-state index in [1.165, 1.54) is 6.20 Å². The molecule has 0 amide bonds. The number of methoxy groups -OCH3 is 1. The van der Waals surface area contributed by atoms with E-state index < -0.39 is 0 Å². The van der Waals surface area contributed by atoms with E-state index in [-0.39, 0.29) is 0 Å². The van der Waals surface area contributed by atoms with E-state index >= 15 is 0 Å². The Morgan fingerprint density at radius 2 is 2.15 bits per heavy atom. The molecule has 0 bridgehead atoms. The Morgan fingerprint density at radius 1 is 1.31 bits per heavy atom. The highest BCUT2D eigenvalue weighted by Gasteiger charge is 2.00. The second-order valence-electron chi connectivity index (χ2n) is 2.39. The number of fused-ring (bicyclic) bond motifs is 1. The Bertz CT molecular complexity index is 446. The van der Waals surface area contributed by atoms with Gasteiger partial charge in [-0.2, -0.15) is 4.98 Å². The van der Waals surface area contributed by atoms with Gasteiger partial charge in [0.15, 0.2) is 5.65 Å². The van der Waals surface area contributed by atoms with Crippen molar-refractivity contribution in [1.29, 1.82) is 0 Å². The Balaban J connectivity index is 2.68. The van der Waals surface area contributed by atoms with Crippen molar-refractivity contribution in [2.45, 2.75) is 0 Å². The minimum Gasteiger partial charge on any atom is -0.481 e. The SMILES string of the molecule is COc1ccc2ncc(Cl)nc2n1. The molecule has 0 saturated carbocycles. The average molecular weight is 196 g/mol. The Hall–Kier alpha value is -1.42. The van der Waals surface area contributed by atoms with Gasteiger partial charge in [-0.05, 0) is 6.07 Å². The molecule has 13 heavy (non-hydrogen) atoms. The van der Waals surface area contributed by atoms with Gasteiger partial charge in [-0.15, -0.1) is 0 Å². The van der Waals surface area contributed by atoms with Crippen LogP contribution in [0.4, 0.5) is 0 Å². The predicted octanol–water partition coefficient (Wildman–Crippen LogP) is 1.69. The third-order valence-electron chi connectivity index (χ3n) is 1.56. The van der Waals surface area contributed by atoms with Crippen LogP contribution in [0.2, 0.25) is 5.15 Å². The van der Waals surface area contributed by atoms with E-state index in [4.69, 9.17) is 16.3 Å². The van der Waals surface area contributed by atoms with Gasteiger partial charge in [0.2, 0.25) is 5.88 Å². The van der Waals surface area contributed by atoms with Gasteiger partial charge >= 0.3 is 0 Å². The van der Waals surface area contributed by atoms with Gasteiger partial charge in [0.05, 0.1) is 13.3 Å². The van der Waals surface area contributed by atoms with Crippen molar-refractivity contribution in [3.05, 3.63) is 23.5 Å². The van der Waals surface area contributed by atoms with Crippen molar-refractivity contribution < 1.29 is 4.74 Å². The largest absolute Gasteiger partial charge is 0.481 e. The number of nitrogens with zero attached hydrogens (tertiary/aromatic N) is 3. The molecule has 2 heterocycles. The fourth-order valence-corrected chi connectivity index (χ4v) is 1.10. The number of hydrogen-bond donors (Lipinski definition) is 0. The zero-order chi connectivity index (χ0) is 9.26. The molecule has 0 aliphatic heterocycles. The van der Waals surface area contributed by atoms with Crippen LogP contribution in [0.5, 0.6) is 5.88 Å². The number of rotatable bonds is 1. The van der Waals surface area contributed by atoms with Gasteiger partial charge in [0.1, 0.15) is 10.7 Å². The molecule has 4 nitrogen and oxygen atoms in total. The summed E-state index contributed by atoms with van der Waals surface area (Å²) >= 11 is 5.66. The highest BCUT2D eigenvalue weighted by molar-refractivity contribution is 6.29. The van der Waals surface area contributed by atoms with E-state index in [9.17, 15) is 0 Å². The fraction of sp³-hybridized carbons (Fsp3) is 0.125. The summed E-state index contributed by atoms with van der Waals surface area (Å²) in [6, 6.07) is 3.51. The molecule has 0 radical (unpaired) electrons. The van der Waals surface area contributed by atoms with Crippen LogP contribution in [-0.4, -0.2) is 22.1 Å². The van der Waals surface area contributed by atoms with Gasteiger partial charge in [0.25, 0.3) is 0 Å². The van der Waals surface area contributed by atoms with Gasteiger partial charge in [-0.3, -0.25) is 0 Å². The first kappa shape index (κ1) is 8.19. The molecule has 0 unspecified atom stereocenters. The summed E-state index contributed by atoms with van der Waals surface area (Å²) in [5.74, 6) is 0.504. The fourth-order valence-electron chi connectivity index (χ4n) is 0.973. The highest BCUT2D eigenvalue weighted by atomic mass is 35.5. The summed E-state index contributed by atoms with van der Waals surface area (Å²) < 4.78 is 4.94. The summed E-state index contributed by atoms with van der Waals surface area (Å²) in [5.41, 5.74) is 1.19. The molecule has 2 aromatic rings. The quantitative estimate of drug-likeness (QED) is 0.695. The monoisotopic (exact) mass is 195 g/mol. The Morgan fingerprint density at radius 3 is 2.92 bits per heavy atom. The first-order valence-corrected chi connectivity index (χ1v) is 4.00. The molecule has 0 aliphatic rings. The third kappa shape index (κ3) is 1.53. The molecule has 0 fully saturated rings. The molecule has 0 spiro atoms. The number of ether oxygens (including phenoxy) is 1. The van der Waals surface area contributed by atoms with Crippen LogP contribution < -0.4 is 4.74 Å². The molecule has 5 heteroatoms. The molecule has 0 aliphatic carbocycles. The maximum atomic E-state index is 5.66. The lowest BCUT2D eigenvalue weighted by atomic mass is 10.4. The van der Waals surface area contributed by atoms with Gasteiger partial charge in [-0.1, -0.05) is 11.6 Å². The van der Waals surface area contributed by atoms with Gasteiger partial charge in [-0.25, -0.2) is 9.97 Å². The average Bonchev–Trinajstić information content (AvgIpc) is 2.16. The Labute approximate surface area is 79.6 Å². The van der Waals surface area contributed by atoms with Crippen LogP contribution in [0.3, 0.4) is 0 Å². The summed E-state index contributed by atoms with van der Waals surface area (Å²) in [5, 5.41) is 0.327. The maximum absolute atomic E-state index is 5.66. The van der Waals surface area contributed by atoms with Gasteiger partial charge < -0.3 is 4.74 Å². The van der Waals surface area contributed by atoms with E-state index in [1.54, 1.807) is 19.2 Å². The van der Waals surface area contributed by atoms with Crippen molar-refractivity contribution in [3.63, 3.8) is 0 Å². The van der Waals surface area contributed by atoms with Crippen LogP contribution in [0.15, 0.2) is 18.3 Å². The number of pyridine rings is 1. The molecule has 66 valence electrons. The standard InChI is InChI=1S/C8H6ClN3O/c1-13-7-3-2-5-8(12-7)11-6(9)4-10-5/h2-4H,1H3. The van der Waals surface area contributed by atoms with Crippen molar-refractivity contribution in [2.24, 2.45) is 0 Å². The van der Waals surface area contributed by atoms with E-state index in [2.05, 4.69) is 15.0 Å². The number of hydrogen-bond acceptors (Lipinski definition) is 4. The molecular formula is C8H6ClN3O. The Kier molecular flexibility index (Phi) is 1.98. The normalized spacial score (nSPS) is 10.3. The lowest BCUT2D eigenvalue weighted by Crippen LogP contribution is -1.91. The highest BCUT2D eigenvalue weighted by Crippen LogP contribution is 2.14. The zero-order valence-corrected chi connectivity index (χ0v) is 7.62. The number of halogens is 1. The topological polar surface area (TPSA) is 47.9 Å². The molecule has 0 N–H and O–H groups in total. The van der Waals surface area contributed by atoms with Crippen LogP contribution in [0, 0.1) is 0 Å². The minimum absolute atomic E-state index is 0.327. The number of aromatic nitrogens is 3. The summed E-state index contributed by atoms with van der Waals surface area (Å²) in [6.45, 7) is 0. The second kappa shape index (κ2) is 3.14. The van der Waals surface area contributed by atoms with E-state index in [1.807, 2.05) is 0 Å².